The summed E-state index contributed by atoms with van der Waals surface area (Å²) in [5.41, 5.74) is 6.36. The van der Waals surface area contributed by atoms with Crippen LogP contribution in [-0.2, 0) is 11.3 Å². The van der Waals surface area contributed by atoms with Crippen LogP contribution < -0.4 is 25.8 Å². The van der Waals surface area contributed by atoms with E-state index in [9.17, 15) is 4.79 Å². The first-order valence-electron chi connectivity index (χ1n) is 8.96. The zero-order valence-electron chi connectivity index (χ0n) is 16.9. The molecule has 0 atom stereocenters. The molecule has 1 amide bonds. The molecule has 4 N–H and O–H groups in total. The maximum Gasteiger partial charge on any atom is 0.407 e. The third kappa shape index (κ3) is 9.58. The van der Waals surface area contributed by atoms with Crippen molar-refractivity contribution in [2.24, 2.45) is 10.7 Å². The molecule has 1 aromatic carbocycles. The van der Waals surface area contributed by atoms with E-state index in [1.165, 1.54) is 0 Å². The van der Waals surface area contributed by atoms with E-state index in [2.05, 4.69) is 15.6 Å². The Morgan fingerprint density at radius 1 is 1.07 bits per heavy atom. The minimum atomic E-state index is -0.482. The molecule has 0 unspecified atom stereocenters. The molecule has 8 heteroatoms. The molecule has 1 aromatic rings. The summed E-state index contributed by atoms with van der Waals surface area (Å²) in [5.74, 6) is 1.72. The summed E-state index contributed by atoms with van der Waals surface area (Å²) in [6, 6.07) is 5.63. The van der Waals surface area contributed by atoms with E-state index >= 15 is 0 Å². The third-order valence-corrected chi connectivity index (χ3v) is 3.46. The number of nitrogens with zero attached hydrogens (tertiary/aromatic N) is 1. The molecule has 0 aliphatic heterocycles. The van der Waals surface area contributed by atoms with Crippen LogP contribution in [0, 0.1) is 0 Å². The van der Waals surface area contributed by atoms with Crippen LogP contribution in [0.15, 0.2) is 23.2 Å². The van der Waals surface area contributed by atoms with Crippen molar-refractivity contribution in [3.8, 4) is 11.5 Å². The normalized spacial score (nSPS) is 11.7. The van der Waals surface area contributed by atoms with Crippen LogP contribution in [0.5, 0.6) is 11.5 Å². The van der Waals surface area contributed by atoms with E-state index in [1.807, 2.05) is 39.0 Å². The quantitative estimate of drug-likeness (QED) is 0.345. The highest BCUT2D eigenvalue weighted by atomic mass is 16.6. The number of aliphatic imine (C=N–C) groups is 1. The van der Waals surface area contributed by atoms with Crippen molar-refractivity contribution in [2.45, 2.75) is 45.8 Å². The fraction of sp³-hybridized carbons (Fsp3) is 0.579. The van der Waals surface area contributed by atoms with Crippen molar-refractivity contribution < 1.29 is 19.0 Å². The van der Waals surface area contributed by atoms with E-state index in [0.717, 1.165) is 18.4 Å². The van der Waals surface area contributed by atoms with Gasteiger partial charge >= 0.3 is 6.09 Å². The summed E-state index contributed by atoms with van der Waals surface area (Å²) in [7, 11) is 3.19. The summed E-state index contributed by atoms with van der Waals surface area (Å²) in [5, 5.41) is 5.78. The highest BCUT2D eigenvalue weighted by Crippen LogP contribution is 2.27. The zero-order chi connectivity index (χ0) is 20.3. The molecule has 0 radical (unpaired) electrons. The number of hydrogen-bond donors (Lipinski definition) is 3. The third-order valence-electron chi connectivity index (χ3n) is 3.46. The first kappa shape index (κ1) is 22.4. The van der Waals surface area contributed by atoms with Crippen molar-refractivity contribution in [1.82, 2.24) is 10.6 Å². The molecule has 0 heterocycles. The lowest BCUT2D eigenvalue weighted by Crippen LogP contribution is -2.34. The number of guanidine groups is 1. The second-order valence-electron chi connectivity index (χ2n) is 6.95. The first-order chi connectivity index (χ1) is 12.7. The Labute approximate surface area is 161 Å². The lowest BCUT2D eigenvalue weighted by atomic mass is 10.2. The fourth-order valence-electron chi connectivity index (χ4n) is 2.18. The molecule has 0 aromatic heterocycles. The molecule has 0 spiro atoms. The van der Waals surface area contributed by atoms with Crippen LogP contribution in [0.3, 0.4) is 0 Å². The van der Waals surface area contributed by atoms with E-state index < -0.39 is 11.7 Å². The average molecular weight is 380 g/mol. The highest BCUT2D eigenvalue weighted by molar-refractivity contribution is 5.77. The van der Waals surface area contributed by atoms with Crippen LogP contribution >= 0.6 is 0 Å². The molecule has 0 saturated carbocycles. The van der Waals surface area contributed by atoms with Crippen LogP contribution in [0.4, 0.5) is 4.79 Å². The molecule has 0 saturated heterocycles. The molecular formula is C19H32N4O4. The number of benzene rings is 1. The van der Waals surface area contributed by atoms with Crippen LogP contribution in [-0.4, -0.2) is 45.0 Å². The summed E-state index contributed by atoms with van der Waals surface area (Å²) < 4.78 is 15.6. The maximum absolute atomic E-state index is 11.5. The number of unbranched alkanes of at least 4 members (excludes halogenated alkanes) is 1. The molecule has 0 aliphatic carbocycles. The number of carbonyl (C=O) groups is 1. The van der Waals surface area contributed by atoms with Gasteiger partial charge in [-0.15, -0.1) is 0 Å². The van der Waals surface area contributed by atoms with Crippen LogP contribution in [0.2, 0.25) is 0 Å². The van der Waals surface area contributed by atoms with Crippen LogP contribution in [0.25, 0.3) is 0 Å². The van der Waals surface area contributed by atoms with Gasteiger partial charge in [-0.1, -0.05) is 6.07 Å². The largest absolute Gasteiger partial charge is 0.493 e. The molecule has 152 valence electrons. The Morgan fingerprint density at radius 3 is 2.30 bits per heavy atom. The number of amides is 1. The van der Waals surface area contributed by atoms with Crippen LogP contribution in [0.1, 0.15) is 39.2 Å². The zero-order valence-corrected chi connectivity index (χ0v) is 16.9. The minimum absolute atomic E-state index is 0.380. The average Bonchev–Trinajstić information content (AvgIpc) is 2.61. The van der Waals surface area contributed by atoms with Gasteiger partial charge in [-0.25, -0.2) is 9.79 Å². The number of rotatable bonds is 9. The SMILES string of the molecule is COc1ccc(CN=C(N)NCCCCNC(=O)OC(C)(C)C)cc1OC. The Bertz CT molecular complexity index is 627. The van der Waals surface area contributed by atoms with Gasteiger partial charge < -0.3 is 30.6 Å². The summed E-state index contributed by atoms with van der Waals surface area (Å²) in [6.45, 7) is 7.18. The Hall–Kier alpha value is -2.64. The standard InChI is InChI=1S/C19H32N4O4/c1-19(2,3)27-18(24)22-11-7-6-10-21-17(20)23-13-14-8-9-15(25-4)16(12-14)26-5/h8-9,12H,6-7,10-11,13H2,1-5H3,(H,22,24)(H3,20,21,23). The van der Waals surface area contributed by atoms with Gasteiger partial charge in [0, 0.05) is 13.1 Å². The van der Waals surface area contributed by atoms with Gasteiger partial charge in [0.1, 0.15) is 5.60 Å². The highest BCUT2D eigenvalue weighted by Gasteiger charge is 2.15. The number of nitrogens with one attached hydrogen (secondary N) is 2. The molecular weight excluding hydrogens is 348 g/mol. The van der Waals surface area contributed by atoms with Crippen molar-refractivity contribution in [2.75, 3.05) is 27.3 Å². The number of carbonyl (C=O) groups excluding carboxylic acids is 1. The Morgan fingerprint density at radius 2 is 1.70 bits per heavy atom. The summed E-state index contributed by atoms with van der Waals surface area (Å²) in [6.07, 6.45) is 1.27. The van der Waals surface area contributed by atoms with Crippen molar-refractivity contribution in [1.29, 1.82) is 0 Å². The molecule has 1 rings (SSSR count). The lowest BCUT2D eigenvalue weighted by molar-refractivity contribution is 0.0527. The maximum atomic E-state index is 11.5. The van der Waals surface area contributed by atoms with Gasteiger partial charge in [0.25, 0.3) is 0 Å². The molecule has 0 aliphatic rings. The fourth-order valence-corrected chi connectivity index (χ4v) is 2.18. The first-order valence-corrected chi connectivity index (χ1v) is 8.96. The second kappa shape index (κ2) is 11.2. The summed E-state index contributed by atoms with van der Waals surface area (Å²) in [4.78, 5) is 15.8. The topological polar surface area (TPSA) is 107 Å². The predicted octanol–water partition coefficient (Wildman–Crippen LogP) is 2.41. The van der Waals surface area contributed by atoms with E-state index in [-0.39, 0.29) is 0 Å². The number of hydrogen-bond acceptors (Lipinski definition) is 5. The van der Waals surface area contributed by atoms with Crippen molar-refractivity contribution in [3.05, 3.63) is 23.8 Å². The van der Waals surface area contributed by atoms with E-state index in [1.54, 1.807) is 14.2 Å². The van der Waals surface area contributed by atoms with E-state index in [0.29, 0.717) is 37.1 Å². The number of alkyl carbamates (subject to hydrolysis) is 1. The molecule has 0 fully saturated rings. The van der Waals surface area contributed by atoms with Gasteiger partial charge in [0.15, 0.2) is 17.5 Å². The number of ether oxygens (including phenoxy) is 3. The van der Waals surface area contributed by atoms with Gasteiger partial charge in [-0.3, -0.25) is 0 Å². The van der Waals surface area contributed by atoms with E-state index in [4.69, 9.17) is 19.9 Å². The van der Waals surface area contributed by atoms with Crippen molar-refractivity contribution in [3.63, 3.8) is 0 Å². The molecule has 0 bridgehead atoms. The second-order valence-corrected chi connectivity index (χ2v) is 6.95. The number of methoxy groups -OCH3 is 2. The van der Waals surface area contributed by atoms with Crippen molar-refractivity contribution >= 4 is 12.1 Å². The van der Waals surface area contributed by atoms with Gasteiger partial charge in [-0.2, -0.15) is 0 Å². The monoisotopic (exact) mass is 380 g/mol. The summed E-state index contributed by atoms with van der Waals surface area (Å²) >= 11 is 0. The Balaban J connectivity index is 2.25. The predicted molar refractivity (Wildman–Crippen MR) is 106 cm³/mol. The Kier molecular flexibility index (Phi) is 9.25. The molecule has 8 nitrogen and oxygen atoms in total. The van der Waals surface area contributed by atoms with Gasteiger partial charge in [-0.05, 0) is 51.3 Å². The molecule has 27 heavy (non-hydrogen) atoms. The minimum Gasteiger partial charge on any atom is -0.493 e. The smallest absolute Gasteiger partial charge is 0.407 e. The number of nitrogens with two attached hydrogens (primary N) is 1. The lowest BCUT2D eigenvalue weighted by Gasteiger charge is -2.19. The van der Waals surface area contributed by atoms with Gasteiger partial charge in [0.05, 0.1) is 20.8 Å². The van der Waals surface area contributed by atoms with Gasteiger partial charge in [0.2, 0.25) is 0 Å².